The van der Waals surface area contributed by atoms with E-state index in [0.717, 1.165) is 16.1 Å². The normalized spacial score (nSPS) is 10.8. The van der Waals surface area contributed by atoms with Gasteiger partial charge in [-0.15, -0.1) is 0 Å². The van der Waals surface area contributed by atoms with Gasteiger partial charge in [0.2, 0.25) is 0 Å². The summed E-state index contributed by atoms with van der Waals surface area (Å²) in [6.07, 6.45) is 2.50. The van der Waals surface area contributed by atoms with E-state index in [2.05, 4.69) is 15.9 Å². The lowest BCUT2D eigenvalue weighted by Gasteiger charge is -2.10. The highest BCUT2D eigenvalue weighted by atomic mass is 79.9. The molecule has 0 saturated carbocycles. The quantitative estimate of drug-likeness (QED) is 0.746. The number of aliphatic carboxylic acids is 1. The molecule has 0 amide bonds. The van der Waals surface area contributed by atoms with E-state index in [1.54, 1.807) is 18.2 Å². The van der Waals surface area contributed by atoms with Crippen LogP contribution in [-0.2, 0) is 4.79 Å². The molecule has 0 aromatic heterocycles. The maximum absolute atomic E-state index is 10.6. The number of carboxylic acid groups (broad SMARTS) is 1. The molecular weight excluding hydrogens is 356 g/mol. The van der Waals surface area contributed by atoms with Gasteiger partial charge in [-0.05, 0) is 55.0 Å². The number of halogens is 2. The van der Waals surface area contributed by atoms with Crippen molar-refractivity contribution in [3.05, 3.63) is 63.1 Å². The Balaban J connectivity index is 2.34. The third kappa shape index (κ3) is 4.34. The average molecular weight is 368 g/mol. The summed E-state index contributed by atoms with van der Waals surface area (Å²) >= 11 is 9.37. The Morgan fingerprint density at radius 3 is 2.71 bits per heavy atom. The highest BCUT2D eigenvalue weighted by Gasteiger charge is 2.06. The molecule has 21 heavy (non-hydrogen) atoms. The Morgan fingerprint density at radius 1 is 1.29 bits per heavy atom. The summed E-state index contributed by atoms with van der Waals surface area (Å²) in [5.74, 6) is 0.182. The predicted molar refractivity (Wildman–Crippen MR) is 87.1 cm³/mol. The highest BCUT2D eigenvalue weighted by molar-refractivity contribution is 9.10. The Bertz CT molecular complexity index is 711. The molecule has 0 unspecified atom stereocenters. The van der Waals surface area contributed by atoms with Crippen LogP contribution in [0.15, 0.2) is 46.9 Å². The Hall–Kier alpha value is -1.78. The van der Waals surface area contributed by atoms with Crippen LogP contribution in [0.3, 0.4) is 0 Å². The van der Waals surface area contributed by atoms with Crippen LogP contribution in [-0.4, -0.2) is 11.1 Å². The van der Waals surface area contributed by atoms with Crippen molar-refractivity contribution in [3.8, 4) is 11.5 Å². The molecule has 0 heterocycles. The second-order valence-electron chi connectivity index (χ2n) is 4.37. The second-order valence-corrected chi connectivity index (χ2v) is 5.66. The zero-order chi connectivity index (χ0) is 15.4. The van der Waals surface area contributed by atoms with E-state index in [1.807, 2.05) is 25.1 Å². The lowest BCUT2D eigenvalue weighted by atomic mass is 10.2. The number of aryl methyl sites for hydroxylation is 1. The van der Waals surface area contributed by atoms with Gasteiger partial charge in [0.1, 0.15) is 11.5 Å². The number of ether oxygens (including phenoxy) is 1. The van der Waals surface area contributed by atoms with Crippen molar-refractivity contribution >= 4 is 39.6 Å². The van der Waals surface area contributed by atoms with Gasteiger partial charge in [-0.25, -0.2) is 4.79 Å². The molecule has 2 rings (SSSR count). The zero-order valence-electron chi connectivity index (χ0n) is 11.1. The van der Waals surface area contributed by atoms with Gasteiger partial charge >= 0.3 is 5.97 Å². The number of hydrogen-bond donors (Lipinski definition) is 1. The topological polar surface area (TPSA) is 46.5 Å². The van der Waals surface area contributed by atoms with Crippen molar-refractivity contribution in [3.63, 3.8) is 0 Å². The standard InChI is InChI=1S/C16H12BrClO3/c1-10-8-13(4-5-14(10)17)21-15-6-3-12(18)9-11(15)2-7-16(19)20/h2-9H,1H3,(H,19,20)/b7-2+. The summed E-state index contributed by atoms with van der Waals surface area (Å²) in [5, 5.41) is 9.24. The van der Waals surface area contributed by atoms with Gasteiger partial charge in [-0.3, -0.25) is 0 Å². The third-order valence-corrected chi connectivity index (χ3v) is 3.86. The van der Waals surface area contributed by atoms with Crippen molar-refractivity contribution in [1.29, 1.82) is 0 Å². The number of hydrogen-bond acceptors (Lipinski definition) is 2. The van der Waals surface area contributed by atoms with Gasteiger partial charge in [-0.2, -0.15) is 0 Å². The molecule has 0 fully saturated rings. The predicted octanol–water partition coefficient (Wildman–Crippen LogP) is 5.30. The summed E-state index contributed by atoms with van der Waals surface area (Å²) in [4.78, 5) is 10.6. The van der Waals surface area contributed by atoms with Crippen LogP contribution >= 0.6 is 27.5 Å². The maximum atomic E-state index is 10.6. The van der Waals surface area contributed by atoms with Gasteiger partial charge in [-0.1, -0.05) is 27.5 Å². The van der Waals surface area contributed by atoms with E-state index in [0.29, 0.717) is 22.1 Å². The monoisotopic (exact) mass is 366 g/mol. The molecule has 2 aromatic rings. The molecule has 0 atom stereocenters. The molecular formula is C16H12BrClO3. The van der Waals surface area contributed by atoms with Crippen LogP contribution in [0.5, 0.6) is 11.5 Å². The molecule has 5 heteroatoms. The first-order chi connectivity index (χ1) is 9.95. The van der Waals surface area contributed by atoms with E-state index in [4.69, 9.17) is 21.4 Å². The van der Waals surface area contributed by atoms with E-state index in [9.17, 15) is 4.79 Å². The lowest BCUT2D eigenvalue weighted by Crippen LogP contribution is -1.90. The van der Waals surface area contributed by atoms with Crippen molar-refractivity contribution in [2.75, 3.05) is 0 Å². The molecule has 3 nitrogen and oxygen atoms in total. The van der Waals surface area contributed by atoms with Gasteiger partial charge in [0, 0.05) is 21.1 Å². The fourth-order valence-corrected chi connectivity index (χ4v) is 2.14. The molecule has 1 N–H and O–H groups in total. The Labute approximate surface area is 135 Å². The molecule has 0 saturated heterocycles. The summed E-state index contributed by atoms with van der Waals surface area (Å²) in [7, 11) is 0. The van der Waals surface area contributed by atoms with E-state index in [1.165, 1.54) is 6.08 Å². The number of rotatable bonds is 4. The average Bonchev–Trinajstić information content (AvgIpc) is 2.43. The van der Waals surface area contributed by atoms with Crippen LogP contribution in [0.2, 0.25) is 5.02 Å². The minimum absolute atomic E-state index is 0.513. The van der Waals surface area contributed by atoms with Crippen LogP contribution < -0.4 is 4.74 Å². The maximum Gasteiger partial charge on any atom is 0.328 e. The van der Waals surface area contributed by atoms with E-state index >= 15 is 0 Å². The summed E-state index contributed by atoms with van der Waals surface area (Å²) in [5.41, 5.74) is 1.65. The number of carbonyl (C=O) groups is 1. The molecule has 0 aliphatic heterocycles. The Kier molecular flexibility index (Phi) is 5.04. The number of benzene rings is 2. The highest BCUT2D eigenvalue weighted by Crippen LogP contribution is 2.30. The van der Waals surface area contributed by atoms with Crippen molar-refractivity contribution in [1.82, 2.24) is 0 Å². The van der Waals surface area contributed by atoms with Crippen molar-refractivity contribution < 1.29 is 14.6 Å². The minimum Gasteiger partial charge on any atom is -0.478 e. The smallest absolute Gasteiger partial charge is 0.328 e. The summed E-state index contributed by atoms with van der Waals surface area (Å²) < 4.78 is 6.81. The van der Waals surface area contributed by atoms with Crippen LogP contribution in [0, 0.1) is 6.92 Å². The summed E-state index contributed by atoms with van der Waals surface area (Å²) in [6.45, 7) is 1.96. The first-order valence-electron chi connectivity index (χ1n) is 6.10. The van der Waals surface area contributed by atoms with Gasteiger partial charge < -0.3 is 9.84 Å². The SMILES string of the molecule is Cc1cc(Oc2ccc(Cl)cc2/C=C/C(=O)O)ccc1Br. The molecule has 0 radical (unpaired) electrons. The van der Waals surface area contributed by atoms with Gasteiger partial charge in [0.05, 0.1) is 0 Å². The first-order valence-corrected chi connectivity index (χ1v) is 7.27. The molecule has 0 spiro atoms. The second kappa shape index (κ2) is 6.78. The van der Waals surface area contributed by atoms with E-state index < -0.39 is 5.97 Å². The molecule has 0 bridgehead atoms. The van der Waals surface area contributed by atoms with Crippen LogP contribution in [0.25, 0.3) is 6.08 Å². The van der Waals surface area contributed by atoms with Gasteiger partial charge in [0.25, 0.3) is 0 Å². The molecule has 0 aliphatic carbocycles. The zero-order valence-corrected chi connectivity index (χ0v) is 13.5. The van der Waals surface area contributed by atoms with Crippen molar-refractivity contribution in [2.24, 2.45) is 0 Å². The van der Waals surface area contributed by atoms with Gasteiger partial charge in [0.15, 0.2) is 0 Å². The van der Waals surface area contributed by atoms with Crippen molar-refractivity contribution in [2.45, 2.75) is 6.92 Å². The lowest BCUT2D eigenvalue weighted by molar-refractivity contribution is -0.131. The molecule has 108 valence electrons. The van der Waals surface area contributed by atoms with Crippen LogP contribution in [0.4, 0.5) is 0 Å². The largest absolute Gasteiger partial charge is 0.478 e. The van der Waals surface area contributed by atoms with E-state index in [-0.39, 0.29) is 0 Å². The fourth-order valence-electron chi connectivity index (χ4n) is 1.71. The fraction of sp³-hybridized carbons (Fsp3) is 0.0625. The summed E-state index contributed by atoms with van der Waals surface area (Å²) in [6, 6.07) is 10.7. The first kappa shape index (κ1) is 15.6. The van der Waals surface area contributed by atoms with Crippen LogP contribution in [0.1, 0.15) is 11.1 Å². The number of carboxylic acids is 1. The molecule has 2 aromatic carbocycles. The third-order valence-electron chi connectivity index (χ3n) is 2.73. The minimum atomic E-state index is -1.03. The Morgan fingerprint density at radius 2 is 2.05 bits per heavy atom. The molecule has 0 aliphatic rings.